The molecule has 13 nitrogen and oxygen atoms in total. The van der Waals surface area contributed by atoms with E-state index in [1.165, 1.54) is 55.3 Å². The summed E-state index contributed by atoms with van der Waals surface area (Å²) in [7, 11) is 1.52. The molecule has 3 aromatic heterocycles. The van der Waals surface area contributed by atoms with Gasteiger partial charge < -0.3 is 24.6 Å². The molecule has 0 aliphatic carbocycles. The standard InChI is InChI=1S/C39H41F4N7O6/c1-5-48(6-2)14-17-56-37(53)29(46-35(51)33-23(3)18-25(20-28(33)40)49-15-16-55-22-32(49)39(41,42)43)19-24-9-10-30(34-26(24)8-7-12-45-34)50-36(52)27-11-13-44-21-31(27)47(4)38(50)54/h7-13,18,20-21,29,32H,5-6,14-17,19,22H2,1-4H3,(H,46,51)/t29?,32-/m1/s1. The first kappa shape index (κ1) is 40.0. The molecule has 0 bridgehead atoms. The van der Waals surface area contributed by atoms with Gasteiger partial charge in [0.05, 0.1) is 47.1 Å². The van der Waals surface area contributed by atoms with Crippen LogP contribution in [0.2, 0.25) is 0 Å². The molecule has 1 N–H and O–H groups in total. The number of alkyl halides is 3. The molecule has 1 amide bonds. The van der Waals surface area contributed by atoms with E-state index in [4.69, 9.17) is 9.47 Å². The zero-order valence-corrected chi connectivity index (χ0v) is 31.2. The Balaban J connectivity index is 1.36. The first-order valence-electron chi connectivity index (χ1n) is 18.1. The monoisotopic (exact) mass is 779 g/mol. The predicted octanol–water partition coefficient (Wildman–Crippen LogP) is 4.07. The Morgan fingerprint density at radius 2 is 1.86 bits per heavy atom. The smallest absolute Gasteiger partial charge is 0.411 e. The second-order valence-corrected chi connectivity index (χ2v) is 13.4. The maximum absolute atomic E-state index is 15.8. The normalized spacial score (nSPS) is 15.4. The van der Waals surface area contributed by atoms with Crippen LogP contribution < -0.4 is 21.5 Å². The third-order valence-corrected chi connectivity index (χ3v) is 10.1. The highest BCUT2D eigenvalue weighted by molar-refractivity contribution is 5.99. The van der Waals surface area contributed by atoms with Crippen LogP contribution in [0.3, 0.4) is 0 Å². The summed E-state index contributed by atoms with van der Waals surface area (Å²) < 4.78 is 70.2. The van der Waals surface area contributed by atoms with Crippen molar-refractivity contribution >= 4 is 39.4 Å². The summed E-state index contributed by atoms with van der Waals surface area (Å²) in [5.74, 6) is -2.86. The highest BCUT2D eigenvalue weighted by Gasteiger charge is 2.45. The number of aromatic nitrogens is 4. The van der Waals surface area contributed by atoms with Gasteiger partial charge in [0.1, 0.15) is 24.5 Å². The van der Waals surface area contributed by atoms with E-state index in [1.54, 1.807) is 18.2 Å². The van der Waals surface area contributed by atoms with Crippen LogP contribution in [0.4, 0.5) is 23.2 Å². The molecule has 2 atom stereocenters. The average Bonchev–Trinajstić information content (AvgIpc) is 3.18. The van der Waals surface area contributed by atoms with E-state index in [-0.39, 0.29) is 54.0 Å². The maximum Gasteiger partial charge on any atom is 0.411 e. The summed E-state index contributed by atoms with van der Waals surface area (Å²) >= 11 is 0. The number of fused-ring (bicyclic) bond motifs is 2. The van der Waals surface area contributed by atoms with Gasteiger partial charge in [0.25, 0.3) is 11.5 Å². The second kappa shape index (κ2) is 16.6. The number of hydrogen-bond donors (Lipinski definition) is 1. The number of aryl methyl sites for hydroxylation is 2. The molecule has 1 unspecified atom stereocenters. The SMILES string of the molecule is CCN(CC)CCOC(=O)C(Cc1ccc(-n2c(=O)c3ccncc3n(C)c2=O)c2ncccc12)NC(=O)c1c(C)cc(N2CCOC[C@@H]2C(F)(F)F)cc1F. The summed E-state index contributed by atoms with van der Waals surface area (Å²) in [5, 5.41) is 3.32. The van der Waals surface area contributed by atoms with E-state index < -0.39 is 59.4 Å². The summed E-state index contributed by atoms with van der Waals surface area (Å²) in [5.41, 5.74) is -0.413. The van der Waals surface area contributed by atoms with Gasteiger partial charge in [-0.3, -0.25) is 24.1 Å². The molecule has 6 rings (SSSR count). The Morgan fingerprint density at radius 3 is 2.57 bits per heavy atom. The van der Waals surface area contributed by atoms with Gasteiger partial charge in [-0.25, -0.2) is 18.5 Å². The minimum atomic E-state index is -4.64. The number of amides is 1. The average molecular weight is 780 g/mol. The lowest BCUT2D eigenvalue weighted by Gasteiger charge is -2.38. The van der Waals surface area contributed by atoms with Crippen molar-refractivity contribution in [2.75, 3.05) is 50.9 Å². The number of esters is 1. The van der Waals surface area contributed by atoms with Crippen LogP contribution >= 0.6 is 0 Å². The van der Waals surface area contributed by atoms with Gasteiger partial charge in [0.15, 0.2) is 0 Å². The zero-order valence-electron chi connectivity index (χ0n) is 31.2. The highest BCUT2D eigenvalue weighted by Crippen LogP contribution is 2.33. The van der Waals surface area contributed by atoms with Crippen molar-refractivity contribution in [2.45, 2.75) is 45.5 Å². The van der Waals surface area contributed by atoms with E-state index >= 15 is 4.39 Å². The number of carbonyl (C=O) groups excluding carboxylic acids is 2. The first-order valence-corrected chi connectivity index (χ1v) is 18.1. The Bertz CT molecular complexity index is 2370. The van der Waals surface area contributed by atoms with Crippen molar-refractivity contribution in [2.24, 2.45) is 7.05 Å². The van der Waals surface area contributed by atoms with Crippen molar-refractivity contribution in [3.05, 3.63) is 104 Å². The molecule has 296 valence electrons. The number of ether oxygens (including phenoxy) is 2. The Hall–Kier alpha value is -5.68. The van der Waals surface area contributed by atoms with Gasteiger partial charge in [-0.2, -0.15) is 13.2 Å². The molecule has 4 heterocycles. The van der Waals surface area contributed by atoms with Crippen LogP contribution in [0, 0.1) is 12.7 Å². The van der Waals surface area contributed by atoms with Crippen molar-refractivity contribution in [3.8, 4) is 5.69 Å². The molecule has 1 aliphatic heterocycles. The fourth-order valence-electron chi connectivity index (χ4n) is 7.00. The number of anilines is 1. The summed E-state index contributed by atoms with van der Waals surface area (Å²) in [6, 6.07) is 6.76. The lowest BCUT2D eigenvalue weighted by molar-refractivity contribution is -0.167. The van der Waals surface area contributed by atoms with E-state index in [2.05, 4.69) is 15.3 Å². The maximum atomic E-state index is 15.8. The van der Waals surface area contributed by atoms with Crippen molar-refractivity contribution in [3.63, 3.8) is 0 Å². The van der Waals surface area contributed by atoms with Crippen LogP contribution in [0.1, 0.15) is 35.3 Å². The minimum Gasteiger partial charge on any atom is -0.463 e. The number of pyridine rings is 2. The number of nitrogens with one attached hydrogen (secondary N) is 1. The van der Waals surface area contributed by atoms with Crippen molar-refractivity contribution in [1.29, 1.82) is 0 Å². The molecule has 1 fully saturated rings. The Kier molecular flexibility index (Phi) is 11.8. The second-order valence-electron chi connectivity index (χ2n) is 13.4. The van der Waals surface area contributed by atoms with Crippen molar-refractivity contribution < 1.29 is 36.6 Å². The third-order valence-electron chi connectivity index (χ3n) is 10.1. The molecule has 2 aromatic carbocycles. The van der Waals surface area contributed by atoms with Crippen LogP contribution in [0.15, 0.2) is 70.6 Å². The molecule has 0 saturated carbocycles. The number of carbonyl (C=O) groups is 2. The van der Waals surface area contributed by atoms with E-state index in [0.717, 1.165) is 15.5 Å². The summed E-state index contributed by atoms with van der Waals surface area (Å²) in [6.45, 7) is 6.40. The van der Waals surface area contributed by atoms with Crippen LogP contribution in [0.5, 0.6) is 0 Å². The summed E-state index contributed by atoms with van der Waals surface area (Å²) in [4.78, 5) is 66.3. The summed E-state index contributed by atoms with van der Waals surface area (Å²) in [6.07, 6.45) is -0.459. The number of rotatable bonds is 12. The number of nitrogens with zero attached hydrogens (tertiary/aromatic N) is 6. The van der Waals surface area contributed by atoms with Crippen LogP contribution in [-0.2, 0) is 27.7 Å². The van der Waals surface area contributed by atoms with Crippen LogP contribution in [0.25, 0.3) is 27.5 Å². The first-order chi connectivity index (χ1) is 26.7. The lowest BCUT2D eigenvalue weighted by Crippen LogP contribution is -2.53. The lowest BCUT2D eigenvalue weighted by atomic mass is 9.99. The van der Waals surface area contributed by atoms with Gasteiger partial charge in [0, 0.05) is 50.0 Å². The third kappa shape index (κ3) is 8.00. The number of morpholine rings is 1. The highest BCUT2D eigenvalue weighted by atomic mass is 19.4. The van der Waals surface area contributed by atoms with E-state index in [9.17, 15) is 32.3 Å². The number of hydrogen-bond acceptors (Lipinski definition) is 10. The van der Waals surface area contributed by atoms with Gasteiger partial charge in [0.2, 0.25) is 0 Å². The van der Waals surface area contributed by atoms with E-state index in [0.29, 0.717) is 36.1 Å². The molecular weight excluding hydrogens is 738 g/mol. The van der Waals surface area contributed by atoms with Gasteiger partial charge in [-0.05, 0) is 61.5 Å². The molecule has 0 radical (unpaired) electrons. The van der Waals surface area contributed by atoms with Crippen molar-refractivity contribution in [1.82, 2.24) is 29.3 Å². The molecule has 0 spiro atoms. The Labute approximate surface area is 318 Å². The molecular formula is C39H41F4N7O6. The molecule has 56 heavy (non-hydrogen) atoms. The number of halogens is 4. The van der Waals surface area contributed by atoms with E-state index in [1.807, 2.05) is 18.7 Å². The predicted molar refractivity (Wildman–Crippen MR) is 201 cm³/mol. The van der Waals surface area contributed by atoms with Crippen LogP contribution in [-0.4, -0.2) is 100 Å². The van der Waals surface area contributed by atoms with Gasteiger partial charge in [-0.1, -0.05) is 26.0 Å². The van der Waals surface area contributed by atoms with Gasteiger partial charge >= 0.3 is 17.8 Å². The quantitative estimate of drug-likeness (QED) is 0.146. The zero-order chi connectivity index (χ0) is 40.3. The Morgan fingerprint density at radius 1 is 1.09 bits per heavy atom. The fraction of sp³-hybridized carbons (Fsp3) is 0.385. The topological polar surface area (TPSA) is 141 Å². The molecule has 1 saturated heterocycles. The number of likely N-dealkylation sites (N-methyl/N-ethyl adjacent to an activating group) is 1. The molecule has 5 aromatic rings. The number of benzene rings is 2. The van der Waals surface area contributed by atoms with Gasteiger partial charge in [-0.15, -0.1) is 0 Å². The largest absolute Gasteiger partial charge is 0.463 e. The molecule has 17 heteroatoms. The fourth-order valence-corrected chi connectivity index (χ4v) is 7.00. The molecule has 1 aliphatic rings. The minimum absolute atomic E-state index is 0.000172.